The Morgan fingerprint density at radius 1 is 1.26 bits per heavy atom. The first kappa shape index (κ1) is 16.1. The summed E-state index contributed by atoms with van der Waals surface area (Å²) in [4.78, 5) is 0.158. The molecule has 0 amide bonds. The molecule has 0 aliphatic rings. The van der Waals surface area contributed by atoms with Crippen molar-refractivity contribution in [1.82, 2.24) is 4.72 Å². The predicted octanol–water partition coefficient (Wildman–Crippen LogP) is 2.15. The van der Waals surface area contributed by atoms with Crippen LogP contribution in [0.3, 0.4) is 0 Å². The Morgan fingerprint density at radius 3 is 2.37 bits per heavy atom. The maximum Gasteiger partial charge on any atom is 0.241 e. The molecule has 0 radical (unpaired) electrons. The highest BCUT2D eigenvalue weighted by Gasteiger charge is 2.19. The third-order valence-electron chi connectivity index (χ3n) is 2.66. The molecule has 0 bridgehead atoms. The Bertz CT molecular complexity index is 506. The Labute approximate surface area is 114 Å². The number of hydrogen-bond acceptors (Lipinski definition) is 3. The number of sulfonamides is 1. The fourth-order valence-electron chi connectivity index (χ4n) is 1.92. The smallest absolute Gasteiger partial charge is 0.241 e. The van der Waals surface area contributed by atoms with Crippen molar-refractivity contribution in [1.29, 1.82) is 0 Å². The van der Waals surface area contributed by atoms with Crippen LogP contribution in [-0.4, -0.2) is 28.2 Å². The lowest BCUT2D eigenvalue weighted by molar-refractivity contribution is 0.146. The second-order valence-electron chi connectivity index (χ2n) is 4.32. The normalized spacial score (nSPS) is 11.8. The number of ether oxygens (including phenoxy) is 1. The van der Waals surface area contributed by atoms with E-state index in [4.69, 9.17) is 4.74 Å². The van der Waals surface area contributed by atoms with E-state index in [0.29, 0.717) is 37.3 Å². The van der Waals surface area contributed by atoms with Crippen molar-refractivity contribution in [2.75, 3.05) is 19.8 Å². The van der Waals surface area contributed by atoms with Crippen LogP contribution >= 0.6 is 0 Å². The van der Waals surface area contributed by atoms with Crippen molar-refractivity contribution in [3.63, 3.8) is 0 Å². The first-order valence-electron chi connectivity index (χ1n) is 6.22. The molecule has 4 nitrogen and oxygen atoms in total. The van der Waals surface area contributed by atoms with Crippen molar-refractivity contribution >= 4 is 10.0 Å². The van der Waals surface area contributed by atoms with Gasteiger partial charge < -0.3 is 4.74 Å². The third-order valence-corrected chi connectivity index (χ3v) is 4.42. The fraction of sp³-hybridized carbons (Fsp3) is 0.538. The van der Waals surface area contributed by atoms with Gasteiger partial charge in [-0.1, -0.05) is 0 Å². The average molecular weight is 289 g/mol. The van der Waals surface area contributed by atoms with Crippen LogP contribution in [0.2, 0.25) is 0 Å². The zero-order valence-electron chi connectivity index (χ0n) is 11.5. The van der Waals surface area contributed by atoms with Crippen LogP contribution in [0.25, 0.3) is 0 Å². The molecular weight excluding hydrogens is 269 g/mol. The van der Waals surface area contributed by atoms with Gasteiger partial charge >= 0.3 is 0 Å². The number of benzene rings is 1. The molecule has 1 N–H and O–H groups in total. The summed E-state index contributed by atoms with van der Waals surface area (Å²) in [7, 11) is -3.60. The Balaban J connectivity index is 2.78. The molecule has 19 heavy (non-hydrogen) atoms. The van der Waals surface area contributed by atoms with Gasteiger partial charge in [0.25, 0.3) is 0 Å². The summed E-state index contributed by atoms with van der Waals surface area (Å²) in [6, 6.07) is 2.45. The quantitative estimate of drug-likeness (QED) is 0.783. The van der Waals surface area contributed by atoms with E-state index in [-0.39, 0.29) is 4.90 Å². The van der Waals surface area contributed by atoms with Gasteiger partial charge in [-0.2, -0.15) is 0 Å². The van der Waals surface area contributed by atoms with Gasteiger partial charge in [0, 0.05) is 19.8 Å². The minimum Gasteiger partial charge on any atom is -0.382 e. The summed E-state index contributed by atoms with van der Waals surface area (Å²) in [5.74, 6) is -0.426. The van der Waals surface area contributed by atoms with E-state index < -0.39 is 15.8 Å². The number of halogens is 1. The molecule has 0 saturated carbocycles. The molecule has 0 aliphatic heterocycles. The monoisotopic (exact) mass is 289 g/mol. The molecule has 1 aromatic carbocycles. The molecule has 0 aromatic heterocycles. The molecule has 0 aliphatic carbocycles. The number of hydrogen-bond donors (Lipinski definition) is 1. The van der Waals surface area contributed by atoms with Gasteiger partial charge in [0.05, 0.1) is 4.90 Å². The summed E-state index contributed by atoms with van der Waals surface area (Å²) in [5.41, 5.74) is 0.824. The molecule has 0 atom stereocenters. The van der Waals surface area contributed by atoms with Crippen molar-refractivity contribution in [3.8, 4) is 0 Å². The van der Waals surface area contributed by atoms with Crippen LogP contribution in [0, 0.1) is 19.7 Å². The van der Waals surface area contributed by atoms with Crippen molar-refractivity contribution in [2.24, 2.45) is 0 Å². The van der Waals surface area contributed by atoms with Crippen LogP contribution in [0.1, 0.15) is 24.5 Å². The lowest BCUT2D eigenvalue weighted by Gasteiger charge is -2.12. The first-order valence-corrected chi connectivity index (χ1v) is 7.71. The summed E-state index contributed by atoms with van der Waals surface area (Å²) < 4.78 is 45.1. The summed E-state index contributed by atoms with van der Waals surface area (Å²) in [5, 5.41) is 0. The van der Waals surface area contributed by atoms with Crippen LogP contribution in [0.15, 0.2) is 17.0 Å². The molecule has 108 valence electrons. The zero-order chi connectivity index (χ0) is 14.5. The molecule has 6 heteroatoms. The lowest BCUT2D eigenvalue weighted by Crippen LogP contribution is -2.27. The zero-order valence-corrected chi connectivity index (χ0v) is 12.3. The van der Waals surface area contributed by atoms with E-state index in [1.165, 1.54) is 12.1 Å². The molecular formula is C13H20FNO3S. The van der Waals surface area contributed by atoms with Gasteiger partial charge in [-0.3, -0.25) is 0 Å². The number of nitrogens with one attached hydrogen (secondary N) is 1. The van der Waals surface area contributed by atoms with Gasteiger partial charge in [0.2, 0.25) is 10.0 Å². The highest BCUT2D eigenvalue weighted by Crippen LogP contribution is 2.21. The highest BCUT2D eigenvalue weighted by molar-refractivity contribution is 7.89. The van der Waals surface area contributed by atoms with Gasteiger partial charge in [0.1, 0.15) is 5.82 Å². The minimum absolute atomic E-state index is 0.158. The summed E-state index contributed by atoms with van der Waals surface area (Å²) >= 11 is 0. The molecule has 0 fully saturated rings. The van der Waals surface area contributed by atoms with E-state index in [9.17, 15) is 12.8 Å². The topological polar surface area (TPSA) is 55.4 Å². The van der Waals surface area contributed by atoms with Crippen LogP contribution in [-0.2, 0) is 14.8 Å². The molecule has 0 spiro atoms. The first-order chi connectivity index (χ1) is 8.88. The number of rotatable bonds is 7. The molecule has 1 rings (SSSR count). The summed E-state index contributed by atoms with van der Waals surface area (Å²) in [6.07, 6.45) is 0.604. The average Bonchev–Trinajstić information content (AvgIpc) is 2.26. The summed E-state index contributed by atoms with van der Waals surface area (Å²) in [6.45, 7) is 6.49. The minimum atomic E-state index is -3.60. The van der Waals surface area contributed by atoms with Crippen LogP contribution < -0.4 is 4.72 Å². The Kier molecular flexibility index (Phi) is 5.90. The Morgan fingerprint density at radius 2 is 1.84 bits per heavy atom. The molecule has 0 saturated heterocycles. The third kappa shape index (κ3) is 4.56. The molecule has 0 unspecified atom stereocenters. The lowest BCUT2D eigenvalue weighted by atomic mass is 10.1. The van der Waals surface area contributed by atoms with E-state index in [0.717, 1.165) is 0 Å². The van der Waals surface area contributed by atoms with E-state index in [2.05, 4.69) is 4.72 Å². The second-order valence-corrected chi connectivity index (χ2v) is 6.02. The highest BCUT2D eigenvalue weighted by atomic mass is 32.2. The van der Waals surface area contributed by atoms with Crippen LogP contribution in [0.5, 0.6) is 0 Å². The van der Waals surface area contributed by atoms with Crippen molar-refractivity contribution in [3.05, 3.63) is 29.1 Å². The maximum atomic E-state index is 13.2. The Hall–Kier alpha value is -0.980. The number of aryl methyl sites for hydroxylation is 2. The largest absolute Gasteiger partial charge is 0.382 e. The van der Waals surface area contributed by atoms with E-state index in [1.807, 2.05) is 6.92 Å². The standard InChI is InChI=1S/C13H20FNO3S/c1-4-18-7-5-6-15-19(16,17)13-10(2)8-12(14)9-11(13)3/h8-9,15H,4-7H2,1-3H3. The molecule has 0 heterocycles. The van der Waals surface area contributed by atoms with Gasteiger partial charge in [-0.05, 0) is 50.5 Å². The second kappa shape index (κ2) is 6.98. The van der Waals surface area contributed by atoms with Gasteiger partial charge in [0.15, 0.2) is 0 Å². The van der Waals surface area contributed by atoms with E-state index in [1.54, 1.807) is 13.8 Å². The van der Waals surface area contributed by atoms with Crippen LogP contribution in [0.4, 0.5) is 4.39 Å². The van der Waals surface area contributed by atoms with Crippen molar-refractivity contribution in [2.45, 2.75) is 32.1 Å². The van der Waals surface area contributed by atoms with Gasteiger partial charge in [-0.15, -0.1) is 0 Å². The predicted molar refractivity (Wildman–Crippen MR) is 72.2 cm³/mol. The van der Waals surface area contributed by atoms with Crippen molar-refractivity contribution < 1.29 is 17.5 Å². The fourth-order valence-corrected chi connectivity index (χ4v) is 3.44. The maximum absolute atomic E-state index is 13.2. The SMILES string of the molecule is CCOCCCNS(=O)(=O)c1c(C)cc(F)cc1C. The van der Waals surface area contributed by atoms with E-state index >= 15 is 0 Å². The molecule has 1 aromatic rings. The van der Waals surface area contributed by atoms with Gasteiger partial charge in [-0.25, -0.2) is 17.5 Å².